The van der Waals surface area contributed by atoms with Crippen LogP contribution >= 0.6 is 0 Å². The molecule has 5 nitrogen and oxygen atoms in total. The average Bonchev–Trinajstić information content (AvgIpc) is 2.76. The number of rotatable bonds is 3. The Kier molecular flexibility index (Phi) is 2.89. The lowest BCUT2D eigenvalue weighted by Crippen LogP contribution is -2.03. The van der Waals surface area contributed by atoms with Crippen LogP contribution in [0.25, 0.3) is 11.3 Å². The van der Waals surface area contributed by atoms with Crippen molar-refractivity contribution in [2.24, 2.45) is 0 Å². The van der Waals surface area contributed by atoms with Gasteiger partial charge >= 0.3 is 0 Å². The third kappa shape index (κ3) is 2.31. The molecular formula is C11H12N2O3S. The molecule has 0 unspecified atom stereocenters. The van der Waals surface area contributed by atoms with E-state index in [1.807, 2.05) is 0 Å². The van der Waals surface area contributed by atoms with Crippen LogP contribution in [0.5, 0.6) is 0 Å². The number of benzene rings is 1. The summed E-state index contributed by atoms with van der Waals surface area (Å²) in [5.74, 6) is 0.0767. The summed E-state index contributed by atoms with van der Waals surface area (Å²) in [4.78, 5) is 11.2. The van der Waals surface area contributed by atoms with Crippen molar-refractivity contribution in [3.8, 4) is 11.3 Å². The number of nitrogens with one attached hydrogen (secondary N) is 2. The van der Waals surface area contributed by atoms with Crippen molar-refractivity contribution in [3.63, 3.8) is 0 Å². The van der Waals surface area contributed by atoms with Crippen LogP contribution < -0.4 is 5.56 Å². The van der Waals surface area contributed by atoms with E-state index in [0.29, 0.717) is 10.6 Å². The summed E-state index contributed by atoms with van der Waals surface area (Å²) in [6.07, 6.45) is 0. The first-order valence-corrected chi connectivity index (χ1v) is 6.79. The minimum absolute atomic E-state index is 0.0767. The van der Waals surface area contributed by atoms with Gasteiger partial charge in [-0.05, 0) is 17.7 Å². The van der Waals surface area contributed by atoms with Gasteiger partial charge in [-0.1, -0.05) is 19.1 Å². The van der Waals surface area contributed by atoms with Gasteiger partial charge in [0.25, 0.3) is 5.56 Å². The van der Waals surface area contributed by atoms with Crippen molar-refractivity contribution in [1.29, 1.82) is 0 Å². The molecule has 90 valence electrons. The first-order valence-electron chi connectivity index (χ1n) is 5.14. The number of hydrogen-bond donors (Lipinski definition) is 2. The molecule has 1 aromatic heterocycles. The molecule has 0 radical (unpaired) electrons. The molecular weight excluding hydrogens is 240 g/mol. The van der Waals surface area contributed by atoms with Crippen LogP contribution in [-0.2, 0) is 9.84 Å². The highest BCUT2D eigenvalue weighted by Gasteiger charge is 2.11. The fourth-order valence-electron chi connectivity index (χ4n) is 1.50. The summed E-state index contributed by atoms with van der Waals surface area (Å²) < 4.78 is 23.2. The highest BCUT2D eigenvalue weighted by atomic mass is 32.2. The Hall–Kier alpha value is -1.82. The third-order valence-corrected chi connectivity index (χ3v) is 4.25. The van der Waals surface area contributed by atoms with Crippen molar-refractivity contribution in [1.82, 2.24) is 10.2 Å². The van der Waals surface area contributed by atoms with E-state index in [-0.39, 0.29) is 11.3 Å². The second-order valence-corrected chi connectivity index (χ2v) is 5.88. The largest absolute Gasteiger partial charge is 0.298 e. The van der Waals surface area contributed by atoms with Gasteiger partial charge in [0.05, 0.1) is 16.3 Å². The fraction of sp³-hybridized carbons (Fsp3) is 0.182. The van der Waals surface area contributed by atoms with E-state index in [2.05, 4.69) is 10.2 Å². The van der Waals surface area contributed by atoms with Gasteiger partial charge in [0.1, 0.15) is 0 Å². The lowest BCUT2D eigenvalue weighted by molar-refractivity contribution is 0.597. The molecule has 17 heavy (non-hydrogen) atoms. The molecule has 0 atom stereocenters. The molecule has 0 aliphatic carbocycles. The number of H-pyrrole nitrogens is 2. The maximum atomic E-state index is 11.6. The van der Waals surface area contributed by atoms with Gasteiger partial charge in [0, 0.05) is 6.07 Å². The number of sulfone groups is 1. The molecule has 0 fully saturated rings. The Morgan fingerprint density at radius 2 is 1.76 bits per heavy atom. The van der Waals surface area contributed by atoms with E-state index in [4.69, 9.17) is 0 Å². The SMILES string of the molecule is CCS(=O)(=O)c1ccc(-c2cc(=O)[nH][nH]2)cc1. The van der Waals surface area contributed by atoms with E-state index >= 15 is 0 Å². The molecule has 6 heteroatoms. The van der Waals surface area contributed by atoms with Gasteiger partial charge in [-0.2, -0.15) is 0 Å². The fourth-order valence-corrected chi connectivity index (χ4v) is 2.38. The predicted octanol–water partition coefficient (Wildman–Crippen LogP) is 1.16. The van der Waals surface area contributed by atoms with Crippen molar-refractivity contribution in [2.75, 3.05) is 5.75 Å². The van der Waals surface area contributed by atoms with Gasteiger partial charge in [0.2, 0.25) is 0 Å². The molecule has 2 N–H and O–H groups in total. The van der Waals surface area contributed by atoms with Crippen molar-refractivity contribution in [2.45, 2.75) is 11.8 Å². The smallest absolute Gasteiger partial charge is 0.264 e. The molecule has 0 aliphatic rings. The van der Waals surface area contributed by atoms with Crippen LogP contribution in [0.15, 0.2) is 40.0 Å². The second-order valence-electron chi connectivity index (χ2n) is 3.60. The molecule has 0 aliphatic heterocycles. The minimum atomic E-state index is -3.17. The zero-order chi connectivity index (χ0) is 12.5. The Morgan fingerprint density at radius 3 is 2.24 bits per heavy atom. The molecule has 1 aromatic carbocycles. The van der Waals surface area contributed by atoms with Gasteiger partial charge in [0.15, 0.2) is 9.84 Å². The Labute approximate surface area is 98.4 Å². The third-order valence-electron chi connectivity index (χ3n) is 2.50. The first kappa shape index (κ1) is 11.7. The summed E-state index contributed by atoms with van der Waals surface area (Å²) in [6.45, 7) is 1.60. The Bertz CT molecular complexity index is 665. The molecule has 0 spiro atoms. The maximum absolute atomic E-state index is 11.6. The lowest BCUT2D eigenvalue weighted by atomic mass is 10.2. The molecule has 0 amide bonds. The molecule has 2 aromatic rings. The van der Waals surface area contributed by atoms with E-state index < -0.39 is 9.84 Å². The zero-order valence-electron chi connectivity index (χ0n) is 9.23. The minimum Gasteiger partial charge on any atom is -0.298 e. The van der Waals surface area contributed by atoms with Crippen molar-refractivity contribution >= 4 is 9.84 Å². The Morgan fingerprint density at radius 1 is 1.12 bits per heavy atom. The first-order chi connectivity index (χ1) is 8.03. The summed E-state index contributed by atoms with van der Waals surface area (Å²) >= 11 is 0. The van der Waals surface area contributed by atoms with E-state index in [1.54, 1.807) is 31.2 Å². The van der Waals surface area contributed by atoms with Gasteiger partial charge < -0.3 is 0 Å². The summed E-state index contributed by atoms with van der Waals surface area (Å²) in [7, 11) is -3.17. The maximum Gasteiger partial charge on any atom is 0.264 e. The number of hydrogen-bond acceptors (Lipinski definition) is 3. The highest BCUT2D eigenvalue weighted by molar-refractivity contribution is 7.91. The monoisotopic (exact) mass is 252 g/mol. The number of aromatic nitrogens is 2. The van der Waals surface area contributed by atoms with Crippen LogP contribution in [0.3, 0.4) is 0 Å². The molecule has 0 bridgehead atoms. The normalized spacial score (nSPS) is 11.6. The average molecular weight is 252 g/mol. The highest BCUT2D eigenvalue weighted by Crippen LogP contribution is 2.18. The van der Waals surface area contributed by atoms with Crippen LogP contribution in [0.1, 0.15) is 6.92 Å². The van der Waals surface area contributed by atoms with Crippen molar-refractivity contribution in [3.05, 3.63) is 40.7 Å². The van der Waals surface area contributed by atoms with Gasteiger partial charge in [-0.25, -0.2) is 8.42 Å². The quantitative estimate of drug-likeness (QED) is 0.860. The summed E-state index contributed by atoms with van der Waals surface area (Å²) in [5, 5.41) is 5.13. The van der Waals surface area contributed by atoms with E-state index in [0.717, 1.165) is 5.56 Å². The molecule has 1 heterocycles. The molecule has 0 saturated carbocycles. The zero-order valence-corrected chi connectivity index (χ0v) is 10.0. The van der Waals surface area contributed by atoms with Gasteiger partial charge in [-0.15, -0.1) is 0 Å². The standard InChI is InChI=1S/C11H12N2O3S/c1-2-17(15,16)9-5-3-8(4-6-9)10-7-11(14)13-12-10/h3-7H,2H2,1H3,(H2,12,13,14). The van der Waals surface area contributed by atoms with Gasteiger partial charge in [-0.3, -0.25) is 15.0 Å². The number of aromatic amines is 2. The predicted molar refractivity (Wildman–Crippen MR) is 64.6 cm³/mol. The van der Waals surface area contributed by atoms with Crippen LogP contribution in [0.4, 0.5) is 0 Å². The van der Waals surface area contributed by atoms with Crippen LogP contribution in [-0.4, -0.2) is 24.4 Å². The van der Waals surface area contributed by atoms with Crippen molar-refractivity contribution < 1.29 is 8.42 Å². The van der Waals surface area contributed by atoms with E-state index in [1.165, 1.54) is 6.07 Å². The second kappa shape index (κ2) is 4.21. The van der Waals surface area contributed by atoms with Crippen LogP contribution in [0.2, 0.25) is 0 Å². The summed E-state index contributed by atoms with van der Waals surface area (Å²) in [5.41, 5.74) is 1.18. The summed E-state index contributed by atoms with van der Waals surface area (Å²) in [6, 6.07) is 7.84. The topological polar surface area (TPSA) is 82.8 Å². The van der Waals surface area contributed by atoms with Crippen LogP contribution in [0, 0.1) is 0 Å². The Balaban J connectivity index is 2.40. The molecule has 0 saturated heterocycles. The lowest BCUT2D eigenvalue weighted by Gasteiger charge is -2.02. The van der Waals surface area contributed by atoms with E-state index in [9.17, 15) is 13.2 Å². The molecule has 2 rings (SSSR count).